The zero-order valence-corrected chi connectivity index (χ0v) is 13.0. The molecule has 0 atom stereocenters. The third-order valence-corrected chi connectivity index (χ3v) is 4.66. The molecule has 0 radical (unpaired) electrons. The quantitative estimate of drug-likeness (QED) is 0.345. The third-order valence-electron chi connectivity index (χ3n) is 2.47. The van der Waals surface area contributed by atoms with Crippen LogP contribution in [-0.2, 0) is 10.9 Å². The average Bonchev–Trinajstić information content (AvgIpc) is 2.38. The van der Waals surface area contributed by atoms with E-state index in [1.54, 1.807) is 0 Å². The molecule has 0 aliphatic rings. The summed E-state index contributed by atoms with van der Waals surface area (Å²) >= 11 is 0. The van der Waals surface area contributed by atoms with Crippen LogP contribution in [0.1, 0.15) is 15.9 Å². The Hall–Kier alpha value is -1.06. The Balaban J connectivity index is 0.000000763. The predicted octanol–water partition coefficient (Wildman–Crippen LogP) is 2.08. The maximum atomic E-state index is 12.0. The van der Waals surface area contributed by atoms with Gasteiger partial charge in [0.05, 0.1) is 13.2 Å². The first-order valence-corrected chi connectivity index (χ1v) is 8.23. The number of ketones is 1. The van der Waals surface area contributed by atoms with Crippen molar-refractivity contribution in [2.24, 2.45) is 0 Å². The highest BCUT2D eigenvalue weighted by molar-refractivity contribution is 7.97. The number of Topliss-reactive ketones (excluding diaryl/α,β-unsaturated/α-hetero) is 1. The largest absolute Gasteiger partial charge is 0.673 e. The molecule has 2 N–H and O–H groups in total. The maximum absolute atomic E-state index is 12.0. The van der Waals surface area contributed by atoms with Crippen LogP contribution in [0.15, 0.2) is 24.3 Å². The molecule has 1 rings (SSSR count). The molecule has 0 saturated carbocycles. The fourth-order valence-corrected chi connectivity index (χ4v) is 3.06. The molecular formula is C13H19BF4O3S. The van der Waals surface area contributed by atoms with Crippen LogP contribution in [0, 0.1) is 6.92 Å². The molecule has 0 aliphatic heterocycles. The van der Waals surface area contributed by atoms with Crippen LogP contribution in [0.3, 0.4) is 0 Å². The summed E-state index contributed by atoms with van der Waals surface area (Å²) in [5.41, 5.74) is 1.84. The molecule has 0 unspecified atom stereocenters. The number of rotatable bonds is 7. The lowest BCUT2D eigenvalue weighted by Gasteiger charge is -2.06. The first-order chi connectivity index (χ1) is 10.2. The lowest BCUT2D eigenvalue weighted by Crippen LogP contribution is -2.25. The number of hydrogen-bond donors (Lipinski definition) is 2. The van der Waals surface area contributed by atoms with Crippen molar-refractivity contribution in [1.82, 2.24) is 0 Å². The van der Waals surface area contributed by atoms with Crippen LogP contribution in [0.2, 0.25) is 0 Å². The van der Waals surface area contributed by atoms with Gasteiger partial charge in [0.25, 0.3) is 0 Å². The zero-order chi connectivity index (χ0) is 17.2. The predicted molar refractivity (Wildman–Crippen MR) is 81.8 cm³/mol. The summed E-state index contributed by atoms with van der Waals surface area (Å²) in [5.74, 6) is 1.70. The average molecular weight is 342 g/mol. The Morgan fingerprint density at radius 3 is 1.82 bits per heavy atom. The highest BCUT2D eigenvalue weighted by atomic mass is 32.2. The fraction of sp³-hybridized carbons (Fsp3) is 0.462. The van der Waals surface area contributed by atoms with Crippen molar-refractivity contribution in [2.75, 3.05) is 30.5 Å². The number of aliphatic hydroxyl groups excluding tert-OH is 2. The van der Waals surface area contributed by atoms with Gasteiger partial charge < -0.3 is 27.5 Å². The van der Waals surface area contributed by atoms with Crippen molar-refractivity contribution in [3.8, 4) is 0 Å². The molecule has 0 bridgehead atoms. The van der Waals surface area contributed by atoms with Crippen LogP contribution >= 0.6 is 0 Å². The van der Waals surface area contributed by atoms with E-state index in [9.17, 15) is 22.1 Å². The van der Waals surface area contributed by atoms with Gasteiger partial charge in [0.1, 0.15) is 11.5 Å². The Bertz CT molecular complexity index is 428. The standard InChI is InChI=1S/C13H19O3S.BF4/c1-11-2-4-12(5-3-11)13(16)10-17(8-6-14)9-7-15;2-1(3,4)5/h2-5,14-15H,6-10H2,1H3;/q+1;-1. The van der Waals surface area contributed by atoms with E-state index >= 15 is 0 Å². The third kappa shape index (κ3) is 11.6. The van der Waals surface area contributed by atoms with Gasteiger partial charge >= 0.3 is 7.25 Å². The monoisotopic (exact) mass is 342 g/mol. The molecule has 3 nitrogen and oxygen atoms in total. The summed E-state index contributed by atoms with van der Waals surface area (Å²) in [6, 6.07) is 7.50. The normalized spacial score (nSPS) is 11.1. The summed E-state index contributed by atoms with van der Waals surface area (Å²) in [6.45, 7) is 2.13. The first-order valence-electron chi connectivity index (χ1n) is 6.50. The van der Waals surface area contributed by atoms with Gasteiger partial charge in [-0.15, -0.1) is 0 Å². The second-order valence-corrected chi connectivity index (χ2v) is 6.73. The van der Waals surface area contributed by atoms with Crippen molar-refractivity contribution in [3.05, 3.63) is 35.4 Å². The molecular weight excluding hydrogens is 323 g/mol. The van der Waals surface area contributed by atoms with Gasteiger partial charge in [-0.05, 0) is 6.92 Å². The van der Waals surface area contributed by atoms with Crippen molar-refractivity contribution in [3.63, 3.8) is 0 Å². The molecule has 22 heavy (non-hydrogen) atoms. The molecule has 0 aromatic heterocycles. The van der Waals surface area contributed by atoms with Crippen molar-refractivity contribution < 1.29 is 32.3 Å². The molecule has 0 spiro atoms. The lowest BCUT2D eigenvalue weighted by atomic mass is 10.1. The minimum atomic E-state index is -6.00. The molecule has 0 saturated heterocycles. The van der Waals surface area contributed by atoms with Crippen molar-refractivity contribution in [1.29, 1.82) is 0 Å². The Morgan fingerprint density at radius 1 is 1.05 bits per heavy atom. The van der Waals surface area contributed by atoms with Crippen molar-refractivity contribution in [2.45, 2.75) is 6.92 Å². The van der Waals surface area contributed by atoms with E-state index in [4.69, 9.17) is 10.2 Å². The van der Waals surface area contributed by atoms with E-state index < -0.39 is 7.25 Å². The Morgan fingerprint density at radius 2 is 1.45 bits per heavy atom. The molecule has 0 aliphatic carbocycles. The SMILES string of the molecule is Cc1ccc(C(=O)C[S+](CCO)CCO)cc1.F[B-](F)(F)F. The maximum Gasteiger partial charge on any atom is 0.673 e. The Kier molecular flexibility index (Phi) is 10.1. The van der Waals surface area contributed by atoms with Crippen LogP contribution in [0.4, 0.5) is 17.3 Å². The van der Waals surface area contributed by atoms with Gasteiger partial charge in [-0.3, -0.25) is 4.79 Å². The molecule has 1 aromatic rings. The highest BCUT2D eigenvalue weighted by Gasteiger charge is 2.22. The topological polar surface area (TPSA) is 57.5 Å². The molecule has 0 heterocycles. The second-order valence-electron chi connectivity index (χ2n) is 4.40. The zero-order valence-electron chi connectivity index (χ0n) is 12.1. The smallest absolute Gasteiger partial charge is 0.418 e. The van der Waals surface area contributed by atoms with Crippen molar-refractivity contribution >= 4 is 23.9 Å². The van der Waals surface area contributed by atoms with Gasteiger partial charge in [-0.25, -0.2) is 0 Å². The van der Waals surface area contributed by atoms with E-state index in [0.717, 1.165) is 5.56 Å². The van der Waals surface area contributed by atoms with Gasteiger partial charge in [0, 0.05) is 16.5 Å². The number of aryl methyl sites for hydroxylation is 1. The lowest BCUT2D eigenvalue weighted by molar-refractivity contribution is 0.102. The van der Waals surface area contributed by atoms with E-state index in [1.165, 1.54) is 0 Å². The number of carbonyl (C=O) groups excluding carboxylic acids is 1. The van der Waals surface area contributed by atoms with E-state index in [-0.39, 0.29) is 29.9 Å². The molecule has 126 valence electrons. The first kappa shape index (κ1) is 20.9. The van der Waals surface area contributed by atoms with Crippen LogP contribution in [-0.4, -0.2) is 53.7 Å². The summed E-state index contributed by atoms with van der Waals surface area (Å²) in [4.78, 5) is 12.0. The summed E-state index contributed by atoms with van der Waals surface area (Å²) < 4.78 is 39.0. The van der Waals surface area contributed by atoms with Gasteiger partial charge in [-0.1, -0.05) is 29.8 Å². The van der Waals surface area contributed by atoms with Gasteiger partial charge in [0.2, 0.25) is 5.78 Å². The van der Waals surface area contributed by atoms with E-state index in [2.05, 4.69) is 0 Å². The van der Waals surface area contributed by atoms with Crippen LogP contribution in [0.5, 0.6) is 0 Å². The molecule has 0 amide bonds. The number of carbonyl (C=O) groups is 1. The van der Waals surface area contributed by atoms with Crippen LogP contribution in [0.25, 0.3) is 0 Å². The van der Waals surface area contributed by atoms with E-state index in [0.29, 0.717) is 22.8 Å². The van der Waals surface area contributed by atoms with E-state index in [1.807, 2.05) is 31.2 Å². The van der Waals surface area contributed by atoms with Crippen LogP contribution < -0.4 is 0 Å². The van der Waals surface area contributed by atoms with Gasteiger partial charge in [0.15, 0.2) is 5.75 Å². The summed E-state index contributed by atoms with van der Waals surface area (Å²) in [7, 11) is -6.21. The number of hydrogen-bond acceptors (Lipinski definition) is 3. The second kappa shape index (κ2) is 10.6. The molecule has 0 fully saturated rings. The minimum absolute atomic E-state index is 0.0737. The fourth-order valence-electron chi connectivity index (χ4n) is 1.51. The molecule has 9 heteroatoms. The molecule has 1 aromatic carbocycles. The highest BCUT2D eigenvalue weighted by Crippen LogP contribution is 2.08. The van der Waals surface area contributed by atoms with Gasteiger partial charge in [-0.2, -0.15) is 0 Å². The number of halogens is 4. The summed E-state index contributed by atoms with van der Waals surface area (Å²) in [5, 5.41) is 17.8. The number of benzene rings is 1. The minimum Gasteiger partial charge on any atom is -0.418 e. The Labute approximate surface area is 129 Å². The summed E-state index contributed by atoms with van der Waals surface area (Å²) in [6.07, 6.45) is 0. The number of aliphatic hydroxyl groups is 2.